The Bertz CT molecular complexity index is 1510. The van der Waals surface area contributed by atoms with Crippen molar-refractivity contribution in [3.05, 3.63) is 74.1 Å². The number of anilines is 1. The minimum atomic E-state index is -0.787. The van der Waals surface area contributed by atoms with Crippen LogP contribution in [0.4, 0.5) is 5.69 Å². The number of rotatable bonds is 5. The fourth-order valence-corrected chi connectivity index (χ4v) is 5.46. The number of hydrogen-bond donors (Lipinski definition) is 1. The van der Waals surface area contributed by atoms with Gasteiger partial charge in [-0.1, -0.05) is 35.0 Å². The van der Waals surface area contributed by atoms with Crippen LogP contribution in [0.15, 0.2) is 58.1 Å². The first-order valence-corrected chi connectivity index (χ1v) is 12.4. The maximum Gasteiger partial charge on any atom is 0.263 e. The van der Waals surface area contributed by atoms with Gasteiger partial charge in [-0.3, -0.25) is 19.0 Å². The van der Waals surface area contributed by atoms with E-state index in [0.29, 0.717) is 27.2 Å². The molecule has 34 heavy (non-hydrogen) atoms. The van der Waals surface area contributed by atoms with Crippen molar-refractivity contribution in [3.8, 4) is 16.9 Å². The molecule has 4 aromatic rings. The highest BCUT2D eigenvalue weighted by Crippen LogP contribution is 2.37. The summed E-state index contributed by atoms with van der Waals surface area (Å²) in [6, 6.07) is 11.9. The molecule has 0 saturated heterocycles. The number of carbonyl (C=O) groups excluding carboxylic acids is 2. The highest BCUT2D eigenvalue weighted by molar-refractivity contribution is 9.10. The number of thiophene rings is 1. The number of Topliss-reactive ketones (excluding diaryl/α,β-unsaturated/α-hetero) is 1. The normalized spacial score (nSPS) is 13.8. The molecule has 1 aliphatic heterocycles. The second-order valence-electron chi connectivity index (χ2n) is 7.99. The van der Waals surface area contributed by atoms with Gasteiger partial charge in [-0.25, -0.2) is 4.98 Å². The van der Waals surface area contributed by atoms with Gasteiger partial charge >= 0.3 is 0 Å². The SMILES string of the molecule is CCc1sc2ncn(C(C)C(=O)c3ccc4c(c3)NC(=O)CO4)c(=O)c2c1-c1ccc(Br)cc1. The standard InChI is InChI=1S/C25H20BrN3O4S/c1-3-19-21(14-4-7-16(26)8-5-14)22-24(34-19)27-12-29(25(22)32)13(2)23(31)15-6-9-18-17(10-15)28-20(30)11-33-18/h4-10,12-13H,3,11H2,1-2H3,(H,28,30). The van der Waals surface area contributed by atoms with Crippen LogP contribution in [-0.2, 0) is 11.2 Å². The van der Waals surface area contributed by atoms with Crippen LogP contribution < -0.4 is 15.6 Å². The van der Waals surface area contributed by atoms with Gasteiger partial charge in [0.05, 0.1) is 23.4 Å². The Morgan fingerprint density at radius 3 is 2.74 bits per heavy atom. The second-order valence-corrected chi connectivity index (χ2v) is 9.99. The van der Waals surface area contributed by atoms with E-state index in [9.17, 15) is 14.4 Å². The second kappa shape index (κ2) is 8.81. The number of fused-ring (bicyclic) bond motifs is 2. The number of nitrogens with one attached hydrogen (secondary N) is 1. The lowest BCUT2D eigenvalue weighted by atomic mass is 10.0. The Kier molecular flexibility index (Phi) is 5.83. The predicted octanol–water partition coefficient (Wildman–Crippen LogP) is 5.22. The van der Waals surface area contributed by atoms with Crippen LogP contribution in [0.2, 0.25) is 0 Å². The van der Waals surface area contributed by atoms with Crippen LogP contribution in [0.3, 0.4) is 0 Å². The number of aryl methyl sites for hydroxylation is 1. The Morgan fingerprint density at radius 1 is 1.24 bits per heavy atom. The maximum atomic E-state index is 13.7. The van der Waals surface area contributed by atoms with Crippen LogP contribution in [0, 0.1) is 0 Å². The van der Waals surface area contributed by atoms with E-state index in [0.717, 1.165) is 26.9 Å². The van der Waals surface area contributed by atoms with Crippen LogP contribution in [-0.4, -0.2) is 27.8 Å². The molecule has 1 atom stereocenters. The van der Waals surface area contributed by atoms with Crippen molar-refractivity contribution < 1.29 is 14.3 Å². The van der Waals surface area contributed by atoms with Crippen molar-refractivity contribution in [2.24, 2.45) is 0 Å². The zero-order valence-corrected chi connectivity index (χ0v) is 20.8. The third kappa shape index (κ3) is 3.84. The summed E-state index contributed by atoms with van der Waals surface area (Å²) in [5.74, 6) is -0.0313. The molecular weight excluding hydrogens is 518 g/mol. The van der Waals surface area contributed by atoms with Crippen LogP contribution in [0.5, 0.6) is 5.75 Å². The number of benzene rings is 2. The zero-order chi connectivity index (χ0) is 24.0. The van der Waals surface area contributed by atoms with Gasteiger partial charge in [0.15, 0.2) is 12.4 Å². The number of carbonyl (C=O) groups is 2. The number of ether oxygens (including phenoxy) is 1. The molecule has 1 amide bonds. The molecule has 1 unspecified atom stereocenters. The molecule has 7 nitrogen and oxygen atoms in total. The molecule has 9 heteroatoms. The summed E-state index contributed by atoms with van der Waals surface area (Å²) >= 11 is 4.96. The molecule has 0 spiro atoms. The minimum absolute atomic E-state index is 0.0567. The molecule has 5 rings (SSSR count). The fraction of sp³-hybridized carbons (Fsp3) is 0.200. The van der Waals surface area contributed by atoms with Gasteiger partial charge in [0.25, 0.3) is 11.5 Å². The van der Waals surface area contributed by atoms with Crippen molar-refractivity contribution in [1.29, 1.82) is 0 Å². The summed E-state index contributed by atoms with van der Waals surface area (Å²) in [6.07, 6.45) is 2.21. The summed E-state index contributed by atoms with van der Waals surface area (Å²) in [6.45, 7) is 3.67. The lowest BCUT2D eigenvalue weighted by Gasteiger charge is -2.19. The van der Waals surface area contributed by atoms with Crippen molar-refractivity contribution >= 4 is 54.9 Å². The summed E-state index contributed by atoms with van der Waals surface area (Å²) in [5, 5.41) is 3.23. The molecule has 0 fully saturated rings. The molecule has 172 valence electrons. The average Bonchev–Trinajstić information content (AvgIpc) is 3.23. The highest BCUT2D eigenvalue weighted by atomic mass is 79.9. The van der Waals surface area contributed by atoms with Crippen LogP contribution in [0.1, 0.15) is 35.1 Å². The first kappa shape index (κ1) is 22.5. The van der Waals surface area contributed by atoms with E-state index in [-0.39, 0.29) is 23.9 Å². The molecule has 0 radical (unpaired) electrons. The minimum Gasteiger partial charge on any atom is -0.482 e. The quantitative estimate of drug-likeness (QED) is 0.352. The molecule has 0 bridgehead atoms. The topological polar surface area (TPSA) is 90.3 Å². The zero-order valence-electron chi connectivity index (χ0n) is 18.4. The van der Waals surface area contributed by atoms with E-state index in [1.54, 1.807) is 25.1 Å². The molecular formula is C25H20BrN3O4S. The Balaban J connectivity index is 1.58. The molecule has 0 saturated carbocycles. The van der Waals surface area contributed by atoms with Crippen LogP contribution >= 0.6 is 27.3 Å². The van der Waals surface area contributed by atoms with Crippen molar-refractivity contribution in [3.63, 3.8) is 0 Å². The number of nitrogens with zero attached hydrogens (tertiary/aromatic N) is 2. The molecule has 3 heterocycles. The van der Waals surface area contributed by atoms with E-state index in [4.69, 9.17) is 4.74 Å². The first-order valence-electron chi connectivity index (χ1n) is 10.8. The predicted molar refractivity (Wildman–Crippen MR) is 136 cm³/mol. The Morgan fingerprint density at radius 2 is 2.00 bits per heavy atom. The monoisotopic (exact) mass is 537 g/mol. The van der Waals surface area contributed by atoms with E-state index in [1.165, 1.54) is 22.2 Å². The van der Waals surface area contributed by atoms with E-state index >= 15 is 0 Å². The third-order valence-electron chi connectivity index (χ3n) is 5.86. The van der Waals surface area contributed by atoms with Crippen molar-refractivity contribution in [1.82, 2.24) is 9.55 Å². The van der Waals surface area contributed by atoms with E-state index < -0.39 is 6.04 Å². The van der Waals surface area contributed by atoms with E-state index in [2.05, 4.69) is 33.2 Å². The number of amides is 1. The van der Waals surface area contributed by atoms with Gasteiger partial charge in [-0.15, -0.1) is 11.3 Å². The van der Waals surface area contributed by atoms with Crippen molar-refractivity contribution in [2.45, 2.75) is 26.3 Å². The van der Waals surface area contributed by atoms with Gasteiger partial charge < -0.3 is 10.1 Å². The lowest BCUT2D eigenvalue weighted by Crippen LogP contribution is -2.29. The lowest BCUT2D eigenvalue weighted by molar-refractivity contribution is -0.118. The molecule has 1 N–H and O–H groups in total. The summed E-state index contributed by atoms with van der Waals surface area (Å²) in [4.78, 5) is 44.9. The van der Waals surface area contributed by atoms with Gasteiger partial charge in [0, 0.05) is 20.5 Å². The van der Waals surface area contributed by atoms with Gasteiger partial charge in [-0.05, 0) is 49.2 Å². The third-order valence-corrected chi connectivity index (χ3v) is 7.63. The maximum absolute atomic E-state index is 13.7. The summed E-state index contributed by atoms with van der Waals surface area (Å²) < 4.78 is 7.70. The Labute approximate surface area is 207 Å². The number of ketones is 1. The molecule has 2 aromatic carbocycles. The summed E-state index contributed by atoms with van der Waals surface area (Å²) in [5.41, 5.74) is 2.37. The molecule has 2 aromatic heterocycles. The average molecular weight is 538 g/mol. The molecule has 0 aliphatic carbocycles. The van der Waals surface area contributed by atoms with Gasteiger partial charge in [-0.2, -0.15) is 0 Å². The van der Waals surface area contributed by atoms with Crippen LogP contribution in [0.25, 0.3) is 21.3 Å². The highest BCUT2D eigenvalue weighted by Gasteiger charge is 2.25. The van der Waals surface area contributed by atoms with E-state index in [1.807, 2.05) is 24.3 Å². The Hall–Kier alpha value is -3.30. The fourth-order valence-electron chi connectivity index (χ4n) is 4.10. The first-order chi connectivity index (χ1) is 16.4. The van der Waals surface area contributed by atoms with Gasteiger partial charge in [0.2, 0.25) is 0 Å². The van der Waals surface area contributed by atoms with Gasteiger partial charge in [0.1, 0.15) is 10.6 Å². The number of halogens is 1. The van der Waals surface area contributed by atoms with Crippen molar-refractivity contribution in [2.75, 3.05) is 11.9 Å². The smallest absolute Gasteiger partial charge is 0.263 e. The molecule has 1 aliphatic rings. The number of aromatic nitrogens is 2. The number of hydrogen-bond acceptors (Lipinski definition) is 6. The largest absolute Gasteiger partial charge is 0.482 e. The summed E-state index contributed by atoms with van der Waals surface area (Å²) in [7, 11) is 0.